The molecular weight excluding hydrogens is 257 g/mol. The maximum absolute atomic E-state index is 13.1. The zero-order chi connectivity index (χ0) is 13.1. The van der Waals surface area contributed by atoms with E-state index < -0.39 is 5.82 Å². The van der Waals surface area contributed by atoms with Crippen molar-refractivity contribution in [2.24, 2.45) is 0 Å². The van der Waals surface area contributed by atoms with Crippen LogP contribution in [0, 0.1) is 5.82 Å². The molecule has 2 rings (SSSR count). The Labute approximate surface area is 110 Å². The first-order chi connectivity index (χ1) is 8.56. The third-order valence-electron chi connectivity index (χ3n) is 2.70. The molecular formula is C12H15ClFN3O. The first kappa shape index (κ1) is 13.0. The normalized spacial score (nSPS) is 14.3. The number of nitrogens with one attached hydrogen (secondary N) is 2. The van der Waals surface area contributed by atoms with Gasteiger partial charge in [0.1, 0.15) is 5.82 Å². The summed E-state index contributed by atoms with van der Waals surface area (Å²) in [5.41, 5.74) is 6.46. The molecule has 1 aromatic carbocycles. The van der Waals surface area contributed by atoms with Crippen LogP contribution in [0.4, 0.5) is 15.8 Å². The van der Waals surface area contributed by atoms with Crippen LogP contribution in [0.3, 0.4) is 0 Å². The Hall–Kier alpha value is -1.49. The number of nitrogen functional groups attached to an aromatic ring is 1. The molecule has 0 unspecified atom stereocenters. The predicted molar refractivity (Wildman–Crippen MR) is 70.1 cm³/mol. The lowest BCUT2D eigenvalue weighted by molar-refractivity contribution is -0.120. The first-order valence-corrected chi connectivity index (χ1v) is 6.22. The van der Waals surface area contributed by atoms with Crippen molar-refractivity contribution in [2.45, 2.75) is 25.3 Å². The van der Waals surface area contributed by atoms with Crippen LogP contribution < -0.4 is 16.4 Å². The SMILES string of the molecule is Nc1cc(F)c(Cl)cc1NCCC(=O)NC1CC1. The average molecular weight is 272 g/mol. The molecule has 1 amide bonds. The van der Waals surface area contributed by atoms with E-state index in [9.17, 15) is 9.18 Å². The topological polar surface area (TPSA) is 67.1 Å². The summed E-state index contributed by atoms with van der Waals surface area (Å²) in [6, 6.07) is 2.95. The number of benzene rings is 1. The van der Waals surface area contributed by atoms with E-state index in [-0.39, 0.29) is 16.6 Å². The zero-order valence-electron chi connectivity index (χ0n) is 9.80. The Balaban J connectivity index is 1.82. The van der Waals surface area contributed by atoms with Gasteiger partial charge in [0, 0.05) is 25.1 Å². The number of hydrogen-bond donors (Lipinski definition) is 3. The van der Waals surface area contributed by atoms with E-state index in [0.717, 1.165) is 18.9 Å². The number of carbonyl (C=O) groups is 1. The van der Waals surface area contributed by atoms with E-state index in [1.165, 1.54) is 6.07 Å². The van der Waals surface area contributed by atoms with Gasteiger partial charge in [-0.15, -0.1) is 0 Å². The highest BCUT2D eigenvalue weighted by Gasteiger charge is 2.22. The molecule has 1 aliphatic carbocycles. The number of rotatable bonds is 5. The summed E-state index contributed by atoms with van der Waals surface area (Å²) in [7, 11) is 0. The van der Waals surface area contributed by atoms with E-state index in [1.807, 2.05) is 0 Å². The van der Waals surface area contributed by atoms with Gasteiger partial charge in [-0.25, -0.2) is 4.39 Å². The molecule has 1 aromatic rings. The van der Waals surface area contributed by atoms with Gasteiger partial charge in [-0.1, -0.05) is 11.6 Å². The maximum Gasteiger partial charge on any atom is 0.221 e. The number of halogens is 2. The molecule has 4 N–H and O–H groups in total. The molecule has 1 saturated carbocycles. The minimum Gasteiger partial charge on any atom is -0.397 e. The summed E-state index contributed by atoms with van der Waals surface area (Å²) in [5.74, 6) is -0.539. The second-order valence-electron chi connectivity index (χ2n) is 4.37. The fraction of sp³-hybridized carbons (Fsp3) is 0.417. The summed E-state index contributed by atoms with van der Waals surface area (Å²) in [6.45, 7) is 0.435. The lowest BCUT2D eigenvalue weighted by Gasteiger charge is -2.10. The summed E-state index contributed by atoms with van der Waals surface area (Å²) >= 11 is 5.65. The monoisotopic (exact) mass is 271 g/mol. The second-order valence-corrected chi connectivity index (χ2v) is 4.78. The molecule has 18 heavy (non-hydrogen) atoms. The maximum atomic E-state index is 13.1. The van der Waals surface area contributed by atoms with Gasteiger partial charge in [0.2, 0.25) is 5.91 Å². The van der Waals surface area contributed by atoms with E-state index >= 15 is 0 Å². The fourth-order valence-corrected chi connectivity index (χ4v) is 1.72. The largest absolute Gasteiger partial charge is 0.397 e. The van der Waals surface area contributed by atoms with Gasteiger partial charge in [-0.05, 0) is 18.9 Å². The molecule has 0 aromatic heterocycles. The molecule has 6 heteroatoms. The number of amides is 1. The van der Waals surface area contributed by atoms with Crippen LogP contribution >= 0.6 is 11.6 Å². The van der Waals surface area contributed by atoms with Crippen molar-refractivity contribution in [3.8, 4) is 0 Å². The quantitative estimate of drug-likeness (QED) is 0.719. The minimum absolute atomic E-state index is 0.00846. The fourth-order valence-electron chi connectivity index (χ4n) is 1.55. The third kappa shape index (κ3) is 3.50. The van der Waals surface area contributed by atoms with Crippen LogP contribution in [0.15, 0.2) is 12.1 Å². The highest BCUT2D eigenvalue weighted by molar-refractivity contribution is 6.31. The molecule has 1 fully saturated rings. The van der Waals surface area contributed by atoms with E-state index in [4.69, 9.17) is 17.3 Å². The standard InChI is InChI=1S/C12H15ClFN3O/c13-8-5-11(10(15)6-9(8)14)16-4-3-12(18)17-7-1-2-7/h5-7,16H,1-4,15H2,(H,17,18). The van der Waals surface area contributed by atoms with E-state index in [2.05, 4.69) is 10.6 Å². The second kappa shape index (κ2) is 5.44. The van der Waals surface area contributed by atoms with Crippen molar-refractivity contribution >= 4 is 28.9 Å². The lowest BCUT2D eigenvalue weighted by atomic mass is 10.2. The molecule has 0 aliphatic heterocycles. The average Bonchev–Trinajstić information content (AvgIpc) is 3.09. The van der Waals surface area contributed by atoms with Gasteiger partial charge in [0.15, 0.2) is 0 Å². The predicted octanol–water partition coefficient (Wildman–Crippen LogP) is 2.14. The van der Waals surface area contributed by atoms with Gasteiger partial charge >= 0.3 is 0 Å². The van der Waals surface area contributed by atoms with Crippen molar-refractivity contribution in [2.75, 3.05) is 17.6 Å². The Morgan fingerprint density at radius 1 is 1.50 bits per heavy atom. The van der Waals surface area contributed by atoms with Crippen molar-refractivity contribution in [1.82, 2.24) is 5.32 Å². The number of hydrogen-bond acceptors (Lipinski definition) is 3. The number of nitrogens with two attached hydrogens (primary N) is 1. The smallest absolute Gasteiger partial charge is 0.221 e. The van der Waals surface area contributed by atoms with Crippen molar-refractivity contribution in [1.29, 1.82) is 0 Å². The third-order valence-corrected chi connectivity index (χ3v) is 2.99. The van der Waals surface area contributed by atoms with E-state index in [1.54, 1.807) is 0 Å². The molecule has 0 heterocycles. The van der Waals surface area contributed by atoms with Crippen LogP contribution in [0.2, 0.25) is 5.02 Å². The molecule has 0 spiro atoms. The first-order valence-electron chi connectivity index (χ1n) is 5.84. The lowest BCUT2D eigenvalue weighted by Crippen LogP contribution is -2.27. The van der Waals surface area contributed by atoms with Crippen molar-refractivity contribution in [3.05, 3.63) is 23.0 Å². The number of carbonyl (C=O) groups excluding carboxylic acids is 1. The molecule has 4 nitrogen and oxygen atoms in total. The molecule has 0 bridgehead atoms. The Morgan fingerprint density at radius 3 is 2.89 bits per heavy atom. The Kier molecular flexibility index (Phi) is 3.91. The van der Waals surface area contributed by atoms with Crippen LogP contribution in [0.1, 0.15) is 19.3 Å². The van der Waals surface area contributed by atoms with Crippen LogP contribution in [0.25, 0.3) is 0 Å². The van der Waals surface area contributed by atoms with E-state index in [0.29, 0.717) is 24.7 Å². The van der Waals surface area contributed by atoms with Gasteiger partial charge < -0.3 is 16.4 Å². The number of anilines is 2. The molecule has 98 valence electrons. The van der Waals surface area contributed by atoms with Crippen LogP contribution in [-0.2, 0) is 4.79 Å². The molecule has 0 radical (unpaired) electrons. The van der Waals surface area contributed by atoms with Gasteiger partial charge in [-0.2, -0.15) is 0 Å². The van der Waals surface area contributed by atoms with Crippen LogP contribution in [0.5, 0.6) is 0 Å². The molecule has 0 saturated heterocycles. The Morgan fingerprint density at radius 2 is 2.22 bits per heavy atom. The zero-order valence-corrected chi connectivity index (χ0v) is 10.6. The van der Waals surface area contributed by atoms with Crippen molar-refractivity contribution in [3.63, 3.8) is 0 Å². The van der Waals surface area contributed by atoms with Gasteiger partial charge in [0.05, 0.1) is 16.4 Å². The van der Waals surface area contributed by atoms with Gasteiger partial charge in [-0.3, -0.25) is 4.79 Å². The molecule has 1 aliphatic rings. The minimum atomic E-state index is -0.550. The highest BCUT2D eigenvalue weighted by atomic mass is 35.5. The van der Waals surface area contributed by atoms with Gasteiger partial charge in [0.25, 0.3) is 0 Å². The summed E-state index contributed by atoms with van der Waals surface area (Å²) in [5, 5.41) is 5.86. The summed E-state index contributed by atoms with van der Waals surface area (Å²) in [6.07, 6.45) is 2.49. The summed E-state index contributed by atoms with van der Waals surface area (Å²) < 4.78 is 13.1. The Bertz CT molecular complexity index is 463. The molecule has 0 atom stereocenters. The van der Waals surface area contributed by atoms with Crippen LogP contribution in [-0.4, -0.2) is 18.5 Å². The highest BCUT2D eigenvalue weighted by Crippen LogP contribution is 2.26. The summed E-state index contributed by atoms with van der Waals surface area (Å²) in [4.78, 5) is 11.4. The van der Waals surface area contributed by atoms with Crippen molar-refractivity contribution < 1.29 is 9.18 Å².